The molecule has 1 aromatic carbocycles. The number of hydrogen-bond acceptors (Lipinski definition) is 2. The monoisotopic (exact) mass is 296 g/mol. The van der Waals surface area contributed by atoms with Crippen molar-refractivity contribution in [2.24, 2.45) is 5.92 Å². The minimum atomic E-state index is -0.609. The number of carbonyl (C=O) groups excluding carboxylic acids is 1. The number of hydrogen-bond donors (Lipinski definition) is 2. The van der Waals surface area contributed by atoms with Gasteiger partial charge in [-0.2, -0.15) is 0 Å². The van der Waals surface area contributed by atoms with Crippen LogP contribution in [0.4, 0.5) is 8.78 Å². The lowest BCUT2D eigenvalue weighted by Gasteiger charge is -2.18. The van der Waals surface area contributed by atoms with Gasteiger partial charge in [0, 0.05) is 18.1 Å². The van der Waals surface area contributed by atoms with Crippen LogP contribution in [0.25, 0.3) is 0 Å². The number of nitrogens with one attached hydrogen (secondary N) is 2. The molecule has 2 N–H and O–H groups in total. The van der Waals surface area contributed by atoms with Crippen LogP contribution in [-0.2, 0) is 4.79 Å². The van der Waals surface area contributed by atoms with Crippen LogP contribution in [0.15, 0.2) is 18.2 Å². The number of carbonyl (C=O) groups is 1. The minimum Gasteiger partial charge on any atom is -0.349 e. The van der Waals surface area contributed by atoms with Gasteiger partial charge in [-0.25, -0.2) is 8.78 Å². The van der Waals surface area contributed by atoms with E-state index in [0.29, 0.717) is 24.3 Å². The predicted molar refractivity (Wildman–Crippen MR) is 77.7 cm³/mol. The number of amides is 1. The predicted octanol–water partition coefficient (Wildman–Crippen LogP) is 2.92. The molecule has 2 atom stereocenters. The maximum atomic E-state index is 13.8. The molecule has 3 nitrogen and oxygen atoms in total. The SMILES string of the molecule is CCC(NC(=O)CCC1CCNC1)c1ccc(F)cc1F. The zero-order chi connectivity index (χ0) is 15.2. The lowest BCUT2D eigenvalue weighted by Crippen LogP contribution is -2.29. The first-order valence-electron chi connectivity index (χ1n) is 7.55. The van der Waals surface area contributed by atoms with Crippen LogP contribution in [0.1, 0.15) is 44.2 Å². The van der Waals surface area contributed by atoms with Gasteiger partial charge in [0.2, 0.25) is 5.91 Å². The van der Waals surface area contributed by atoms with Gasteiger partial charge in [0.1, 0.15) is 11.6 Å². The van der Waals surface area contributed by atoms with E-state index in [9.17, 15) is 13.6 Å². The molecular formula is C16H22F2N2O. The molecule has 0 saturated carbocycles. The third kappa shape index (κ3) is 4.49. The van der Waals surface area contributed by atoms with Gasteiger partial charge in [-0.3, -0.25) is 4.79 Å². The Morgan fingerprint density at radius 1 is 1.48 bits per heavy atom. The Bertz CT molecular complexity index is 487. The molecule has 2 unspecified atom stereocenters. The average Bonchev–Trinajstić information content (AvgIpc) is 2.96. The van der Waals surface area contributed by atoms with Gasteiger partial charge in [0.05, 0.1) is 6.04 Å². The van der Waals surface area contributed by atoms with Gasteiger partial charge in [-0.15, -0.1) is 0 Å². The largest absolute Gasteiger partial charge is 0.349 e. The van der Waals surface area contributed by atoms with Crippen molar-refractivity contribution in [1.82, 2.24) is 10.6 Å². The van der Waals surface area contributed by atoms with Crippen molar-refractivity contribution < 1.29 is 13.6 Å². The maximum Gasteiger partial charge on any atom is 0.220 e. The Morgan fingerprint density at radius 3 is 2.90 bits per heavy atom. The van der Waals surface area contributed by atoms with Gasteiger partial charge in [-0.05, 0) is 44.3 Å². The normalized spacial score (nSPS) is 19.5. The Kier molecular flexibility index (Phi) is 5.67. The second kappa shape index (κ2) is 7.50. The van der Waals surface area contributed by atoms with Crippen LogP contribution < -0.4 is 10.6 Å². The Hall–Kier alpha value is -1.49. The molecule has 2 rings (SSSR count). The second-order valence-corrected chi connectivity index (χ2v) is 5.59. The van der Waals surface area contributed by atoms with Crippen LogP contribution in [0.5, 0.6) is 0 Å². The molecule has 0 radical (unpaired) electrons. The Morgan fingerprint density at radius 2 is 2.29 bits per heavy atom. The van der Waals surface area contributed by atoms with E-state index in [4.69, 9.17) is 0 Å². The maximum absolute atomic E-state index is 13.8. The molecule has 0 aliphatic carbocycles. The quantitative estimate of drug-likeness (QED) is 0.847. The summed E-state index contributed by atoms with van der Waals surface area (Å²) in [7, 11) is 0. The summed E-state index contributed by atoms with van der Waals surface area (Å²) in [6.07, 6.45) is 2.98. The van der Waals surface area contributed by atoms with Crippen LogP contribution >= 0.6 is 0 Å². The molecule has 1 aliphatic heterocycles. The van der Waals surface area contributed by atoms with Crippen LogP contribution in [0, 0.1) is 17.6 Å². The number of halogens is 2. The van der Waals surface area contributed by atoms with Crippen molar-refractivity contribution in [2.75, 3.05) is 13.1 Å². The Balaban J connectivity index is 1.90. The fraction of sp³-hybridized carbons (Fsp3) is 0.562. The fourth-order valence-corrected chi connectivity index (χ4v) is 2.75. The minimum absolute atomic E-state index is 0.0718. The third-order valence-corrected chi connectivity index (χ3v) is 4.02. The highest BCUT2D eigenvalue weighted by Crippen LogP contribution is 2.21. The van der Waals surface area contributed by atoms with E-state index in [2.05, 4.69) is 10.6 Å². The van der Waals surface area contributed by atoms with Crippen molar-refractivity contribution in [3.63, 3.8) is 0 Å². The number of rotatable bonds is 6. The molecule has 116 valence electrons. The van der Waals surface area contributed by atoms with Crippen LogP contribution in [-0.4, -0.2) is 19.0 Å². The summed E-state index contributed by atoms with van der Waals surface area (Å²) in [4.78, 5) is 12.0. The topological polar surface area (TPSA) is 41.1 Å². The summed E-state index contributed by atoms with van der Waals surface area (Å²) in [5.74, 6) is -0.732. The average molecular weight is 296 g/mol. The summed E-state index contributed by atoms with van der Waals surface area (Å²) >= 11 is 0. The van der Waals surface area contributed by atoms with Gasteiger partial charge < -0.3 is 10.6 Å². The van der Waals surface area contributed by atoms with E-state index in [1.165, 1.54) is 12.1 Å². The molecule has 0 aromatic heterocycles. The van der Waals surface area contributed by atoms with E-state index in [1.807, 2.05) is 6.92 Å². The van der Waals surface area contributed by atoms with Crippen LogP contribution in [0.2, 0.25) is 0 Å². The highest BCUT2D eigenvalue weighted by Gasteiger charge is 2.19. The summed E-state index contributed by atoms with van der Waals surface area (Å²) in [5.41, 5.74) is 0.342. The first kappa shape index (κ1) is 15.9. The summed E-state index contributed by atoms with van der Waals surface area (Å²) in [6.45, 7) is 3.86. The first-order valence-corrected chi connectivity index (χ1v) is 7.55. The van der Waals surface area contributed by atoms with Crippen molar-refractivity contribution in [3.8, 4) is 0 Å². The molecular weight excluding hydrogens is 274 g/mol. The van der Waals surface area contributed by atoms with E-state index in [1.54, 1.807) is 0 Å². The second-order valence-electron chi connectivity index (χ2n) is 5.59. The third-order valence-electron chi connectivity index (χ3n) is 4.02. The smallest absolute Gasteiger partial charge is 0.220 e. The standard InChI is InChI=1S/C16H22F2N2O/c1-2-15(13-5-4-12(17)9-14(13)18)20-16(21)6-3-11-7-8-19-10-11/h4-5,9,11,15,19H,2-3,6-8,10H2,1H3,(H,20,21). The van der Waals surface area contributed by atoms with E-state index in [0.717, 1.165) is 32.0 Å². The summed E-state index contributed by atoms with van der Waals surface area (Å²) < 4.78 is 26.7. The zero-order valence-electron chi connectivity index (χ0n) is 12.3. The molecule has 0 bridgehead atoms. The van der Waals surface area contributed by atoms with Crippen molar-refractivity contribution in [1.29, 1.82) is 0 Å². The van der Waals surface area contributed by atoms with Gasteiger partial charge >= 0.3 is 0 Å². The lowest BCUT2D eigenvalue weighted by molar-refractivity contribution is -0.122. The molecule has 0 spiro atoms. The molecule has 1 heterocycles. The highest BCUT2D eigenvalue weighted by molar-refractivity contribution is 5.76. The van der Waals surface area contributed by atoms with E-state index in [-0.39, 0.29) is 5.91 Å². The van der Waals surface area contributed by atoms with E-state index >= 15 is 0 Å². The van der Waals surface area contributed by atoms with Crippen molar-refractivity contribution in [2.45, 2.75) is 38.6 Å². The number of benzene rings is 1. The fourth-order valence-electron chi connectivity index (χ4n) is 2.75. The Labute approximate surface area is 124 Å². The summed E-state index contributed by atoms with van der Waals surface area (Å²) in [5, 5.41) is 6.12. The van der Waals surface area contributed by atoms with Gasteiger partial charge in [0.15, 0.2) is 0 Å². The van der Waals surface area contributed by atoms with Crippen molar-refractivity contribution in [3.05, 3.63) is 35.4 Å². The molecule has 1 saturated heterocycles. The van der Waals surface area contributed by atoms with Crippen LogP contribution in [0.3, 0.4) is 0 Å². The lowest BCUT2D eigenvalue weighted by atomic mass is 10.0. The molecule has 5 heteroatoms. The molecule has 1 aliphatic rings. The molecule has 1 fully saturated rings. The van der Waals surface area contributed by atoms with Gasteiger partial charge in [0.25, 0.3) is 0 Å². The molecule has 1 amide bonds. The molecule has 1 aromatic rings. The molecule has 21 heavy (non-hydrogen) atoms. The summed E-state index contributed by atoms with van der Waals surface area (Å²) in [6, 6.07) is 3.07. The zero-order valence-corrected chi connectivity index (χ0v) is 12.3. The van der Waals surface area contributed by atoms with Gasteiger partial charge in [-0.1, -0.05) is 13.0 Å². The van der Waals surface area contributed by atoms with E-state index < -0.39 is 17.7 Å². The highest BCUT2D eigenvalue weighted by atomic mass is 19.1. The van der Waals surface area contributed by atoms with Crippen molar-refractivity contribution >= 4 is 5.91 Å². The first-order chi connectivity index (χ1) is 10.1.